The topological polar surface area (TPSA) is 26.3 Å². The number of halogens is 5. The lowest BCUT2D eigenvalue weighted by Crippen LogP contribution is -2.09. The van der Waals surface area contributed by atoms with Crippen LogP contribution in [0.5, 0.6) is 5.75 Å². The van der Waals surface area contributed by atoms with Crippen LogP contribution in [0.3, 0.4) is 0 Å². The molecule has 0 aliphatic rings. The van der Waals surface area contributed by atoms with E-state index in [1.165, 1.54) is 36.4 Å². The second-order valence-electron chi connectivity index (χ2n) is 7.68. The fourth-order valence-electron chi connectivity index (χ4n) is 3.12. The van der Waals surface area contributed by atoms with Gasteiger partial charge >= 0.3 is 5.97 Å². The molecule has 0 saturated heterocycles. The molecule has 3 aromatic rings. The zero-order valence-corrected chi connectivity index (χ0v) is 18.8. The molecule has 0 unspecified atom stereocenters. The first-order valence-corrected chi connectivity index (χ1v) is 10.9. The third-order valence-electron chi connectivity index (χ3n) is 4.97. The largest absolute Gasteiger partial charge is 0.423 e. The van der Waals surface area contributed by atoms with E-state index >= 15 is 0 Å². The zero-order valence-electron chi connectivity index (χ0n) is 18.8. The van der Waals surface area contributed by atoms with E-state index in [1.807, 2.05) is 6.08 Å². The molecule has 3 rings (SSSR count). The Labute approximate surface area is 200 Å². The Morgan fingerprint density at radius 1 is 0.857 bits per heavy atom. The molecule has 35 heavy (non-hydrogen) atoms. The van der Waals surface area contributed by atoms with Crippen molar-refractivity contribution in [3.05, 3.63) is 106 Å². The van der Waals surface area contributed by atoms with Crippen LogP contribution in [0.2, 0.25) is 0 Å². The summed E-state index contributed by atoms with van der Waals surface area (Å²) in [6.45, 7) is 2.10. The Morgan fingerprint density at radius 2 is 1.49 bits per heavy atom. The second kappa shape index (κ2) is 12.0. The minimum Gasteiger partial charge on any atom is -0.423 e. The lowest BCUT2D eigenvalue weighted by molar-refractivity contribution is 0.0733. The fraction of sp³-hybridized carbons (Fsp3) is 0.179. The van der Waals surface area contributed by atoms with E-state index in [0.717, 1.165) is 25.7 Å². The molecule has 180 valence electrons. The van der Waals surface area contributed by atoms with Crippen LogP contribution >= 0.6 is 0 Å². The molecular weight excluding hydrogens is 463 g/mol. The summed E-state index contributed by atoms with van der Waals surface area (Å²) in [4.78, 5) is 12.2. The monoisotopic (exact) mass is 484 g/mol. The Balaban J connectivity index is 1.69. The highest BCUT2D eigenvalue weighted by Crippen LogP contribution is 2.21. The third-order valence-corrected chi connectivity index (χ3v) is 4.97. The standard InChI is InChI=1S/C28H21F5O2/c1-2-3-4-5-6-7-19-14-23(29)22(24(30)15-19)13-10-18-8-11-20(12-9-18)28(34)35-21-16-25(31)27(33)26(32)17-21/h6-9,11-12,14-17H,2-5H2,1H3/b7-6-. The summed E-state index contributed by atoms with van der Waals surface area (Å²) in [5, 5.41) is 0. The number of rotatable bonds is 7. The van der Waals surface area contributed by atoms with Gasteiger partial charge in [0.15, 0.2) is 17.5 Å². The van der Waals surface area contributed by atoms with Crippen molar-refractivity contribution in [2.24, 2.45) is 0 Å². The van der Waals surface area contributed by atoms with Gasteiger partial charge in [-0.1, -0.05) is 43.8 Å². The molecule has 7 heteroatoms. The van der Waals surface area contributed by atoms with E-state index in [9.17, 15) is 26.7 Å². The van der Waals surface area contributed by atoms with Crippen LogP contribution in [0.15, 0.2) is 54.6 Å². The van der Waals surface area contributed by atoms with Crippen LogP contribution in [-0.4, -0.2) is 5.97 Å². The molecule has 3 aromatic carbocycles. The van der Waals surface area contributed by atoms with Gasteiger partial charge in [-0.25, -0.2) is 26.7 Å². The Kier molecular flexibility index (Phi) is 8.80. The van der Waals surface area contributed by atoms with Crippen molar-refractivity contribution in [2.75, 3.05) is 0 Å². The molecular formula is C28H21F5O2. The molecule has 0 atom stereocenters. The Hall–Kier alpha value is -3.92. The van der Waals surface area contributed by atoms with Crippen molar-refractivity contribution in [3.63, 3.8) is 0 Å². The second-order valence-corrected chi connectivity index (χ2v) is 7.68. The summed E-state index contributed by atoms with van der Waals surface area (Å²) >= 11 is 0. The number of hydrogen-bond donors (Lipinski definition) is 0. The zero-order chi connectivity index (χ0) is 25.4. The molecule has 0 aliphatic heterocycles. The summed E-state index contributed by atoms with van der Waals surface area (Å²) < 4.78 is 73.2. The molecule has 0 radical (unpaired) electrons. The molecule has 2 nitrogen and oxygen atoms in total. The van der Waals surface area contributed by atoms with Crippen LogP contribution in [0.25, 0.3) is 6.08 Å². The maximum atomic E-state index is 14.4. The highest BCUT2D eigenvalue weighted by molar-refractivity contribution is 5.91. The normalized spacial score (nSPS) is 10.8. The fourth-order valence-corrected chi connectivity index (χ4v) is 3.12. The third kappa shape index (κ3) is 7.03. The molecule has 0 fully saturated rings. The number of carbonyl (C=O) groups excluding carboxylic acids is 1. The van der Waals surface area contributed by atoms with Crippen molar-refractivity contribution >= 4 is 12.0 Å². The van der Waals surface area contributed by atoms with Crippen molar-refractivity contribution in [3.8, 4) is 17.6 Å². The van der Waals surface area contributed by atoms with E-state index < -0.39 is 40.8 Å². The van der Waals surface area contributed by atoms with Crippen molar-refractivity contribution < 1.29 is 31.5 Å². The highest BCUT2D eigenvalue weighted by atomic mass is 19.2. The Morgan fingerprint density at radius 3 is 2.09 bits per heavy atom. The molecule has 0 spiro atoms. The minimum atomic E-state index is -1.67. The summed E-state index contributed by atoms with van der Waals surface area (Å²) in [7, 11) is 0. The predicted octanol–water partition coefficient (Wildman–Crippen LogP) is 7.59. The number of ether oxygens (including phenoxy) is 1. The van der Waals surface area contributed by atoms with Gasteiger partial charge in [-0.2, -0.15) is 0 Å². The summed E-state index contributed by atoms with van der Waals surface area (Å²) in [5.74, 6) is -2.59. The molecule has 0 heterocycles. The van der Waals surface area contributed by atoms with Crippen LogP contribution in [0.1, 0.15) is 59.7 Å². The predicted molar refractivity (Wildman–Crippen MR) is 123 cm³/mol. The maximum absolute atomic E-state index is 14.4. The smallest absolute Gasteiger partial charge is 0.343 e. The lowest BCUT2D eigenvalue weighted by Gasteiger charge is -2.05. The summed E-state index contributed by atoms with van der Waals surface area (Å²) in [5.41, 5.74) is 0.412. The minimum absolute atomic E-state index is 0.0214. The van der Waals surface area contributed by atoms with Crippen LogP contribution in [-0.2, 0) is 0 Å². The van der Waals surface area contributed by atoms with E-state index in [4.69, 9.17) is 4.74 Å². The van der Waals surface area contributed by atoms with Crippen LogP contribution in [0, 0.1) is 40.9 Å². The lowest BCUT2D eigenvalue weighted by atomic mass is 10.1. The van der Waals surface area contributed by atoms with Gasteiger partial charge in [0.1, 0.15) is 17.4 Å². The first-order valence-electron chi connectivity index (χ1n) is 10.9. The molecule has 0 aliphatic carbocycles. The molecule has 0 aromatic heterocycles. The van der Waals surface area contributed by atoms with Gasteiger partial charge in [0.25, 0.3) is 0 Å². The molecule has 0 saturated carbocycles. The van der Waals surface area contributed by atoms with E-state index in [0.29, 0.717) is 23.3 Å². The summed E-state index contributed by atoms with van der Waals surface area (Å²) in [6.07, 6.45) is 7.59. The number of esters is 1. The van der Waals surface area contributed by atoms with Gasteiger partial charge < -0.3 is 4.74 Å². The summed E-state index contributed by atoms with van der Waals surface area (Å²) in [6, 6.07) is 8.99. The number of unbranched alkanes of at least 4 members (excludes halogenated alkanes) is 3. The van der Waals surface area contributed by atoms with Gasteiger partial charge in [0, 0.05) is 17.7 Å². The first kappa shape index (κ1) is 25.7. The number of hydrogen-bond acceptors (Lipinski definition) is 2. The quantitative estimate of drug-likeness (QED) is 0.0862. The average molecular weight is 484 g/mol. The number of benzene rings is 3. The molecule has 0 N–H and O–H groups in total. The SMILES string of the molecule is CCCCC/C=C\c1cc(F)c(C#Cc2ccc(C(=O)Oc3cc(F)c(F)c(F)c3)cc2)c(F)c1. The first-order chi connectivity index (χ1) is 16.8. The van der Waals surface area contributed by atoms with Gasteiger partial charge in [-0.3, -0.25) is 0 Å². The van der Waals surface area contributed by atoms with Crippen molar-refractivity contribution in [2.45, 2.75) is 32.6 Å². The van der Waals surface area contributed by atoms with E-state index in [-0.39, 0.29) is 11.1 Å². The maximum Gasteiger partial charge on any atom is 0.343 e. The highest BCUT2D eigenvalue weighted by Gasteiger charge is 2.15. The number of carbonyl (C=O) groups is 1. The van der Waals surface area contributed by atoms with Gasteiger partial charge in [-0.15, -0.1) is 0 Å². The van der Waals surface area contributed by atoms with E-state index in [1.54, 1.807) is 6.08 Å². The van der Waals surface area contributed by atoms with Gasteiger partial charge in [-0.05, 0) is 54.8 Å². The van der Waals surface area contributed by atoms with E-state index in [2.05, 4.69) is 18.8 Å². The van der Waals surface area contributed by atoms with Gasteiger partial charge in [0.05, 0.1) is 11.1 Å². The number of allylic oxidation sites excluding steroid dienone is 1. The average Bonchev–Trinajstić information content (AvgIpc) is 2.82. The molecule has 0 bridgehead atoms. The van der Waals surface area contributed by atoms with Crippen molar-refractivity contribution in [1.29, 1.82) is 0 Å². The van der Waals surface area contributed by atoms with Crippen molar-refractivity contribution in [1.82, 2.24) is 0 Å². The van der Waals surface area contributed by atoms with Gasteiger partial charge in [0.2, 0.25) is 0 Å². The Bertz CT molecular complexity index is 1260. The molecule has 0 amide bonds. The van der Waals surface area contributed by atoms with Crippen LogP contribution < -0.4 is 4.74 Å². The van der Waals surface area contributed by atoms with Crippen LogP contribution in [0.4, 0.5) is 22.0 Å².